The molecule has 0 spiro atoms. The van der Waals surface area contributed by atoms with Gasteiger partial charge in [0, 0.05) is 12.1 Å². The van der Waals surface area contributed by atoms with Crippen LogP contribution in [0.25, 0.3) is 0 Å². The molecule has 2 N–H and O–H groups in total. The van der Waals surface area contributed by atoms with Gasteiger partial charge in [0.2, 0.25) is 0 Å². The molecule has 72 valence electrons. The highest BCUT2D eigenvalue weighted by molar-refractivity contribution is 5.24. The molecule has 0 atom stereocenters. The van der Waals surface area contributed by atoms with E-state index in [1.165, 1.54) is 11.1 Å². The minimum absolute atomic E-state index is 0.718. The van der Waals surface area contributed by atoms with E-state index >= 15 is 0 Å². The summed E-state index contributed by atoms with van der Waals surface area (Å²) in [4.78, 5) is 0. The quantitative estimate of drug-likeness (QED) is 0.738. The third-order valence-electron chi connectivity index (χ3n) is 1.51. The first-order valence-corrected chi connectivity index (χ1v) is 4.67. The fraction of sp³-hybridized carbons (Fsp3) is 0.333. The molecule has 0 aliphatic rings. The first-order valence-electron chi connectivity index (χ1n) is 4.67. The van der Waals surface area contributed by atoms with Gasteiger partial charge >= 0.3 is 0 Å². The summed E-state index contributed by atoms with van der Waals surface area (Å²) < 4.78 is 0. The number of aryl methyl sites for hydroxylation is 1. The second-order valence-corrected chi connectivity index (χ2v) is 2.82. The molecular weight excluding hydrogens is 158 g/mol. The van der Waals surface area contributed by atoms with Crippen LogP contribution in [0.5, 0.6) is 0 Å². The molecule has 0 aromatic heterocycles. The van der Waals surface area contributed by atoms with Crippen molar-refractivity contribution in [3.05, 3.63) is 47.7 Å². The third kappa shape index (κ3) is 5.07. The maximum atomic E-state index is 5.48. The van der Waals surface area contributed by atoms with Gasteiger partial charge in [0.25, 0.3) is 0 Å². The van der Waals surface area contributed by atoms with Gasteiger partial charge in [0.15, 0.2) is 0 Å². The second kappa shape index (κ2) is 6.30. The molecule has 0 aliphatic carbocycles. The van der Waals surface area contributed by atoms with Crippen LogP contribution in [0.1, 0.15) is 25.0 Å². The van der Waals surface area contributed by atoms with E-state index in [1.807, 2.05) is 19.9 Å². The van der Waals surface area contributed by atoms with E-state index in [2.05, 4.69) is 31.7 Å². The number of rotatable bonds is 2. The zero-order valence-corrected chi connectivity index (χ0v) is 8.80. The third-order valence-corrected chi connectivity index (χ3v) is 1.51. The van der Waals surface area contributed by atoms with Crippen molar-refractivity contribution in [3.8, 4) is 0 Å². The van der Waals surface area contributed by atoms with Crippen molar-refractivity contribution >= 4 is 0 Å². The average Bonchev–Trinajstić information content (AvgIpc) is 2.06. The highest BCUT2D eigenvalue weighted by Crippen LogP contribution is 2.06. The molecule has 0 aliphatic heterocycles. The van der Waals surface area contributed by atoms with Crippen LogP contribution in [-0.4, -0.2) is 0 Å². The van der Waals surface area contributed by atoms with Gasteiger partial charge in [-0.15, -0.1) is 0 Å². The lowest BCUT2D eigenvalue weighted by molar-refractivity contribution is 1.11. The Labute approximate surface area is 81.3 Å². The standard InChI is InChI=1S/C10H13N.C2H6/c1-8-4-3-5-10(6-8)7-9(2)11;1-2/h3-6H,2,7,11H2,1H3;1-2H3. The van der Waals surface area contributed by atoms with Gasteiger partial charge in [-0.05, 0) is 12.5 Å². The van der Waals surface area contributed by atoms with Gasteiger partial charge in [0.1, 0.15) is 0 Å². The van der Waals surface area contributed by atoms with Gasteiger partial charge < -0.3 is 5.73 Å². The zero-order chi connectivity index (χ0) is 10.3. The molecule has 0 saturated carbocycles. The summed E-state index contributed by atoms with van der Waals surface area (Å²) in [5, 5.41) is 0. The maximum absolute atomic E-state index is 5.48. The first kappa shape index (κ1) is 11.8. The number of hydrogen-bond donors (Lipinski definition) is 1. The molecule has 0 radical (unpaired) electrons. The molecule has 0 unspecified atom stereocenters. The van der Waals surface area contributed by atoms with Crippen LogP contribution >= 0.6 is 0 Å². The lowest BCUT2D eigenvalue weighted by Crippen LogP contribution is -1.98. The lowest BCUT2D eigenvalue weighted by atomic mass is 10.1. The van der Waals surface area contributed by atoms with E-state index in [-0.39, 0.29) is 0 Å². The summed E-state index contributed by atoms with van der Waals surface area (Å²) >= 11 is 0. The predicted molar refractivity (Wildman–Crippen MR) is 59.6 cm³/mol. The smallest absolute Gasteiger partial charge is 0.0115 e. The first-order chi connectivity index (χ1) is 6.18. The van der Waals surface area contributed by atoms with Crippen LogP contribution in [0.15, 0.2) is 36.5 Å². The summed E-state index contributed by atoms with van der Waals surface area (Å²) in [7, 11) is 0. The minimum Gasteiger partial charge on any atom is -0.402 e. The Morgan fingerprint density at radius 3 is 2.46 bits per heavy atom. The van der Waals surface area contributed by atoms with Crippen molar-refractivity contribution in [1.29, 1.82) is 0 Å². The van der Waals surface area contributed by atoms with Crippen LogP contribution in [0.3, 0.4) is 0 Å². The van der Waals surface area contributed by atoms with E-state index in [9.17, 15) is 0 Å². The van der Waals surface area contributed by atoms with Crippen LogP contribution in [0.2, 0.25) is 0 Å². The van der Waals surface area contributed by atoms with Gasteiger partial charge in [-0.2, -0.15) is 0 Å². The molecule has 0 amide bonds. The van der Waals surface area contributed by atoms with E-state index in [1.54, 1.807) is 0 Å². The summed E-state index contributed by atoms with van der Waals surface area (Å²) in [5.74, 6) is 0. The monoisotopic (exact) mass is 177 g/mol. The molecule has 0 saturated heterocycles. The molecule has 0 heterocycles. The van der Waals surface area contributed by atoms with E-state index in [0.717, 1.165) is 12.1 Å². The fourth-order valence-corrected chi connectivity index (χ4v) is 1.08. The van der Waals surface area contributed by atoms with Crippen LogP contribution in [0.4, 0.5) is 0 Å². The van der Waals surface area contributed by atoms with Gasteiger partial charge in [0.05, 0.1) is 0 Å². The highest BCUT2D eigenvalue weighted by Gasteiger charge is 1.92. The van der Waals surface area contributed by atoms with Gasteiger partial charge in [-0.3, -0.25) is 0 Å². The predicted octanol–water partition coefficient (Wildman–Crippen LogP) is 3.04. The number of nitrogens with two attached hydrogens (primary N) is 1. The number of hydrogen-bond acceptors (Lipinski definition) is 1. The molecule has 1 nitrogen and oxygen atoms in total. The van der Waals surface area contributed by atoms with Crippen LogP contribution in [0, 0.1) is 6.92 Å². The van der Waals surface area contributed by atoms with Gasteiger partial charge in [-0.25, -0.2) is 0 Å². The Hall–Kier alpha value is -1.24. The maximum Gasteiger partial charge on any atom is 0.0115 e. The van der Waals surface area contributed by atoms with E-state index < -0.39 is 0 Å². The molecular formula is C12H19N. The van der Waals surface area contributed by atoms with E-state index in [4.69, 9.17) is 5.73 Å². The summed E-state index contributed by atoms with van der Waals surface area (Å²) in [6.07, 6.45) is 0.779. The van der Waals surface area contributed by atoms with Crippen molar-refractivity contribution in [2.45, 2.75) is 27.2 Å². The zero-order valence-electron chi connectivity index (χ0n) is 8.80. The molecule has 1 rings (SSSR count). The number of allylic oxidation sites excluding steroid dienone is 1. The molecule has 1 heteroatoms. The molecule has 1 aromatic carbocycles. The van der Waals surface area contributed by atoms with Crippen molar-refractivity contribution < 1.29 is 0 Å². The molecule has 1 aromatic rings. The topological polar surface area (TPSA) is 26.0 Å². The van der Waals surface area contributed by atoms with Crippen molar-refractivity contribution in [3.63, 3.8) is 0 Å². The summed E-state index contributed by atoms with van der Waals surface area (Å²) in [6.45, 7) is 9.73. The average molecular weight is 177 g/mol. The summed E-state index contributed by atoms with van der Waals surface area (Å²) in [6, 6.07) is 8.29. The van der Waals surface area contributed by atoms with Crippen molar-refractivity contribution in [1.82, 2.24) is 0 Å². The van der Waals surface area contributed by atoms with Crippen molar-refractivity contribution in [2.24, 2.45) is 5.73 Å². The summed E-state index contributed by atoms with van der Waals surface area (Å²) in [5.41, 5.74) is 8.70. The Bertz CT molecular complexity index is 264. The van der Waals surface area contributed by atoms with Crippen LogP contribution in [-0.2, 0) is 6.42 Å². The fourth-order valence-electron chi connectivity index (χ4n) is 1.08. The SMILES string of the molecule is C=C(N)Cc1cccc(C)c1.CC. The Kier molecular flexibility index (Phi) is 5.69. The molecule has 0 bridgehead atoms. The Morgan fingerprint density at radius 1 is 1.38 bits per heavy atom. The van der Waals surface area contributed by atoms with Crippen molar-refractivity contribution in [2.75, 3.05) is 0 Å². The van der Waals surface area contributed by atoms with Crippen LogP contribution < -0.4 is 5.73 Å². The molecule has 13 heavy (non-hydrogen) atoms. The second-order valence-electron chi connectivity index (χ2n) is 2.82. The highest BCUT2D eigenvalue weighted by atomic mass is 14.6. The number of benzene rings is 1. The van der Waals surface area contributed by atoms with E-state index in [0.29, 0.717) is 0 Å². The molecule has 0 fully saturated rings. The minimum atomic E-state index is 0.718. The Morgan fingerprint density at radius 2 is 2.00 bits per heavy atom. The normalized spacial score (nSPS) is 8.54. The Balaban J connectivity index is 0.000000671. The van der Waals surface area contributed by atoms with Gasteiger partial charge in [-0.1, -0.05) is 50.3 Å². The largest absolute Gasteiger partial charge is 0.402 e. The lowest BCUT2D eigenvalue weighted by Gasteiger charge is -2.00.